The van der Waals surface area contributed by atoms with Gasteiger partial charge in [0.15, 0.2) is 0 Å². The van der Waals surface area contributed by atoms with Crippen LogP contribution in [0, 0.1) is 5.92 Å². The number of hydrogen-bond acceptors (Lipinski definition) is 2. The molecule has 0 radical (unpaired) electrons. The van der Waals surface area contributed by atoms with Gasteiger partial charge in [-0.25, -0.2) is 13.5 Å². The lowest BCUT2D eigenvalue weighted by molar-refractivity contribution is -0.138. The molecule has 0 saturated heterocycles. The molecule has 1 N–H and O–H groups in total. The Labute approximate surface area is 121 Å². The lowest BCUT2D eigenvalue weighted by Crippen LogP contribution is -2.18. The summed E-state index contributed by atoms with van der Waals surface area (Å²) in [5.41, 5.74) is 0.488. The van der Waals surface area contributed by atoms with E-state index in [1.54, 1.807) is 24.3 Å². The minimum Gasteiger partial charge on any atom is -0.481 e. The van der Waals surface area contributed by atoms with Crippen molar-refractivity contribution in [2.75, 3.05) is 0 Å². The van der Waals surface area contributed by atoms with E-state index in [1.807, 2.05) is 6.07 Å². The molecule has 0 saturated carbocycles. The molecule has 0 fully saturated rings. The Morgan fingerprint density at radius 2 is 2.05 bits per heavy atom. The van der Waals surface area contributed by atoms with Gasteiger partial charge in [0.1, 0.15) is 0 Å². The first-order valence-corrected chi connectivity index (χ1v) is 6.58. The Morgan fingerprint density at radius 3 is 2.67 bits per heavy atom. The predicted octanol–water partition coefficient (Wildman–Crippen LogP) is 3.47. The summed E-state index contributed by atoms with van der Waals surface area (Å²) in [7, 11) is 0. The van der Waals surface area contributed by atoms with Gasteiger partial charge in [0.25, 0.3) is 5.92 Å². The van der Waals surface area contributed by atoms with Crippen LogP contribution in [0.25, 0.3) is 5.69 Å². The molecule has 0 aliphatic rings. The summed E-state index contributed by atoms with van der Waals surface area (Å²) in [4.78, 5) is 10.6. The zero-order valence-corrected chi connectivity index (χ0v) is 11.5. The highest BCUT2D eigenvalue weighted by atomic mass is 19.3. The van der Waals surface area contributed by atoms with Gasteiger partial charge in [-0.1, -0.05) is 25.1 Å². The summed E-state index contributed by atoms with van der Waals surface area (Å²) in [6.45, 7) is 1.50. The second-order valence-corrected chi connectivity index (χ2v) is 5.12. The first-order chi connectivity index (χ1) is 9.88. The first-order valence-electron chi connectivity index (χ1n) is 6.58. The fraction of sp³-hybridized carbons (Fsp3) is 0.333. The van der Waals surface area contributed by atoms with Crippen molar-refractivity contribution >= 4 is 5.97 Å². The Hall–Kier alpha value is -2.24. The topological polar surface area (TPSA) is 55.1 Å². The van der Waals surface area contributed by atoms with Crippen molar-refractivity contribution < 1.29 is 18.7 Å². The minimum absolute atomic E-state index is 0.205. The Kier molecular flexibility index (Phi) is 4.35. The van der Waals surface area contributed by atoms with Crippen LogP contribution in [0.2, 0.25) is 0 Å². The second-order valence-electron chi connectivity index (χ2n) is 5.12. The fourth-order valence-electron chi connectivity index (χ4n) is 2.16. The molecule has 21 heavy (non-hydrogen) atoms. The first kappa shape index (κ1) is 15.2. The molecule has 1 aromatic heterocycles. The number of alkyl halides is 2. The van der Waals surface area contributed by atoms with E-state index in [2.05, 4.69) is 5.10 Å². The van der Waals surface area contributed by atoms with Gasteiger partial charge in [0, 0.05) is 19.0 Å². The molecule has 1 aromatic carbocycles. The van der Waals surface area contributed by atoms with Crippen LogP contribution < -0.4 is 0 Å². The monoisotopic (exact) mass is 294 g/mol. The molecule has 1 atom stereocenters. The maximum Gasteiger partial charge on any atom is 0.303 e. The number of carboxylic acid groups (broad SMARTS) is 1. The molecule has 0 aliphatic carbocycles. The van der Waals surface area contributed by atoms with E-state index in [-0.39, 0.29) is 12.0 Å². The van der Waals surface area contributed by atoms with E-state index in [0.29, 0.717) is 5.69 Å². The SMILES string of the molecule is CC(CC(=O)O)CC(F)(F)c1cnn(-c2ccccc2)c1. The molecule has 0 amide bonds. The smallest absolute Gasteiger partial charge is 0.303 e. The average Bonchev–Trinajstić information content (AvgIpc) is 2.88. The van der Waals surface area contributed by atoms with Crippen LogP contribution in [-0.4, -0.2) is 20.9 Å². The quantitative estimate of drug-likeness (QED) is 0.887. The highest BCUT2D eigenvalue weighted by Gasteiger charge is 2.35. The molecule has 1 heterocycles. The van der Waals surface area contributed by atoms with E-state index in [1.165, 1.54) is 17.8 Å². The average molecular weight is 294 g/mol. The summed E-state index contributed by atoms with van der Waals surface area (Å²) in [6, 6.07) is 8.95. The number of para-hydroxylation sites is 1. The van der Waals surface area contributed by atoms with E-state index in [9.17, 15) is 13.6 Å². The minimum atomic E-state index is -3.10. The van der Waals surface area contributed by atoms with Crippen molar-refractivity contribution in [2.45, 2.75) is 25.7 Å². The van der Waals surface area contributed by atoms with Crippen molar-refractivity contribution in [2.24, 2.45) is 5.92 Å². The van der Waals surface area contributed by atoms with Crippen molar-refractivity contribution in [3.63, 3.8) is 0 Å². The lowest BCUT2D eigenvalue weighted by Gasteiger charge is -2.18. The molecule has 2 aromatic rings. The van der Waals surface area contributed by atoms with Gasteiger partial charge in [0.2, 0.25) is 0 Å². The van der Waals surface area contributed by atoms with Gasteiger partial charge in [-0.05, 0) is 18.1 Å². The summed E-state index contributed by atoms with van der Waals surface area (Å²) in [6.07, 6.45) is 1.62. The third kappa shape index (κ3) is 3.87. The molecule has 2 rings (SSSR count). The standard InChI is InChI=1S/C15H16F2N2O2/c1-11(7-14(20)21)8-15(16,17)12-9-18-19(10-12)13-5-3-2-4-6-13/h2-6,9-11H,7-8H2,1H3,(H,20,21). The van der Waals surface area contributed by atoms with E-state index in [0.717, 1.165) is 6.20 Å². The van der Waals surface area contributed by atoms with Crippen molar-refractivity contribution in [3.8, 4) is 5.69 Å². The molecule has 0 aliphatic heterocycles. The fourth-order valence-corrected chi connectivity index (χ4v) is 2.16. The zero-order chi connectivity index (χ0) is 15.5. The van der Waals surface area contributed by atoms with Crippen LogP contribution in [0.3, 0.4) is 0 Å². The van der Waals surface area contributed by atoms with Crippen LogP contribution in [0.5, 0.6) is 0 Å². The summed E-state index contributed by atoms with van der Waals surface area (Å²) in [5, 5.41) is 12.6. The van der Waals surface area contributed by atoms with E-state index in [4.69, 9.17) is 5.11 Å². The van der Waals surface area contributed by atoms with Gasteiger partial charge >= 0.3 is 5.97 Å². The number of benzene rings is 1. The maximum absolute atomic E-state index is 14.1. The van der Waals surface area contributed by atoms with Crippen molar-refractivity contribution in [1.29, 1.82) is 0 Å². The maximum atomic E-state index is 14.1. The molecule has 0 spiro atoms. The molecule has 1 unspecified atom stereocenters. The van der Waals surface area contributed by atoms with Crippen LogP contribution in [-0.2, 0) is 10.7 Å². The largest absolute Gasteiger partial charge is 0.481 e. The lowest BCUT2D eigenvalue weighted by atomic mass is 9.96. The Bertz CT molecular complexity index is 611. The predicted molar refractivity (Wildman–Crippen MR) is 73.5 cm³/mol. The summed E-state index contributed by atoms with van der Waals surface area (Å²) < 4.78 is 29.7. The molecular formula is C15H16F2N2O2. The third-order valence-corrected chi connectivity index (χ3v) is 3.15. The van der Waals surface area contributed by atoms with Gasteiger partial charge in [-0.3, -0.25) is 4.79 Å². The van der Waals surface area contributed by atoms with Crippen LogP contribution in [0.15, 0.2) is 42.7 Å². The van der Waals surface area contributed by atoms with Crippen molar-refractivity contribution in [1.82, 2.24) is 9.78 Å². The highest BCUT2D eigenvalue weighted by Crippen LogP contribution is 2.35. The number of rotatable bonds is 6. The molecular weight excluding hydrogens is 278 g/mol. The van der Waals surface area contributed by atoms with Gasteiger partial charge < -0.3 is 5.11 Å². The van der Waals surface area contributed by atoms with Gasteiger partial charge in [-0.15, -0.1) is 0 Å². The Morgan fingerprint density at radius 1 is 1.38 bits per heavy atom. The van der Waals surface area contributed by atoms with E-state index >= 15 is 0 Å². The highest BCUT2D eigenvalue weighted by molar-refractivity contribution is 5.66. The molecule has 0 bridgehead atoms. The zero-order valence-electron chi connectivity index (χ0n) is 11.5. The van der Waals surface area contributed by atoms with Crippen LogP contribution >= 0.6 is 0 Å². The van der Waals surface area contributed by atoms with Gasteiger partial charge in [-0.2, -0.15) is 5.10 Å². The summed E-state index contributed by atoms with van der Waals surface area (Å²) >= 11 is 0. The molecule has 112 valence electrons. The number of carboxylic acids is 1. The number of hydrogen-bond donors (Lipinski definition) is 1. The molecule has 4 nitrogen and oxygen atoms in total. The Balaban J connectivity index is 2.14. The number of halogens is 2. The normalized spacial score (nSPS) is 13.1. The number of nitrogens with zero attached hydrogens (tertiary/aromatic N) is 2. The van der Waals surface area contributed by atoms with Crippen LogP contribution in [0.4, 0.5) is 8.78 Å². The third-order valence-electron chi connectivity index (χ3n) is 3.15. The number of aliphatic carboxylic acids is 1. The number of carbonyl (C=O) groups is 1. The van der Waals surface area contributed by atoms with Gasteiger partial charge in [0.05, 0.1) is 17.4 Å². The number of aromatic nitrogens is 2. The van der Waals surface area contributed by atoms with Crippen molar-refractivity contribution in [3.05, 3.63) is 48.3 Å². The second kappa shape index (κ2) is 6.03. The van der Waals surface area contributed by atoms with Crippen LogP contribution in [0.1, 0.15) is 25.3 Å². The summed E-state index contributed by atoms with van der Waals surface area (Å²) in [5.74, 6) is -4.78. The van der Waals surface area contributed by atoms with E-state index < -0.39 is 24.2 Å². The molecule has 6 heteroatoms.